The van der Waals surface area contributed by atoms with Gasteiger partial charge in [-0.05, 0) is 37.3 Å². The average molecular weight is 395 g/mol. The Hall–Kier alpha value is -2.82. The van der Waals surface area contributed by atoms with E-state index in [1.807, 2.05) is 66.5 Å². The molecule has 2 amide bonds. The van der Waals surface area contributed by atoms with Crippen LogP contribution in [-0.2, 0) is 22.7 Å². The standard InChI is InChI=1S/C24H30N2O3/c1-26(17-18-8-4-3-5-9-18)24(28)20-14-12-19(13-15-20)23(27)25-16-21-10-6-7-11-22(21)29-2/h3-11,19-20H,12-17H2,1-2H3,(H,25,27). The Morgan fingerprint density at radius 1 is 0.966 bits per heavy atom. The highest BCUT2D eigenvalue weighted by Gasteiger charge is 2.31. The molecule has 1 fully saturated rings. The van der Waals surface area contributed by atoms with Crippen molar-refractivity contribution >= 4 is 11.8 Å². The van der Waals surface area contributed by atoms with Gasteiger partial charge in [-0.25, -0.2) is 0 Å². The van der Waals surface area contributed by atoms with Gasteiger partial charge in [0.05, 0.1) is 7.11 Å². The van der Waals surface area contributed by atoms with E-state index in [-0.39, 0.29) is 23.7 Å². The largest absolute Gasteiger partial charge is 0.496 e. The van der Waals surface area contributed by atoms with Crippen molar-refractivity contribution in [3.63, 3.8) is 0 Å². The van der Waals surface area contributed by atoms with Crippen LogP contribution >= 0.6 is 0 Å². The van der Waals surface area contributed by atoms with E-state index in [4.69, 9.17) is 4.74 Å². The van der Waals surface area contributed by atoms with Crippen molar-refractivity contribution in [3.05, 3.63) is 65.7 Å². The van der Waals surface area contributed by atoms with Gasteiger partial charge in [0, 0.05) is 37.5 Å². The molecule has 0 unspecified atom stereocenters. The van der Waals surface area contributed by atoms with Gasteiger partial charge < -0.3 is 15.0 Å². The minimum atomic E-state index is -0.0202. The number of nitrogens with zero attached hydrogens (tertiary/aromatic N) is 1. The third-order valence-corrected chi connectivity index (χ3v) is 5.73. The first-order valence-electron chi connectivity index (χ1n) is 10.3. The van der Waals surface area contributed by atoms with Crippen LogP contribution in [0.3, 0.4) is 0 Å². The Labute approximate surface area is 173 Å². The van der Waals surface area contributed by atoms with Crippen molar-refractivity contribution in [3.8, 4) is 5.75 Å². The number of rotatable bonds is 7. The molecule has 1 N–H and O–H groups in total. The third-order valence-electron chi connectivity index (χ3n) is 5.73. The van der Waals surface area contributed by atoms with E-state index >= 15 is 0 Å². The number of benzene rings is 2. The highest BCUT2D eigenvalue weighted by Crippen LogP contribution is 2.30. The highest BCUT2D eigenvalue weighted by atomic mass is 16.5. The van der Waals surface area contributed by atoms with Crippen LogP contribution in [0.5, 0.6) is 5.75 Å². The molecule has 154 valence electrons. The van der Waals surface area contributed by atoms with Crippen LogP contribution in [-0.4, -0.2) is 30.9 Å². The van der Waals surface area contributed by atoms with Crippen molar-refractivity contribution < 1.29 is 14.3 Å². The Morgan fingerprint density at radius 3 is 2.28 bits per heavy atom. The van der Waals surface area contributed by atoms with Gasteiger partial charge in [0.2, 0.25) is 11.8 Å². The monoisotopic (exact) mass is 394 g/mol. The van der Waals surface area contributed by atoms with Gasteiger partial charge in [0.25, 0.3) is 0 Å². The first-order valence-corrected chi connectivity index (χ1v) is 10.3. The summed E-state index contributed by atoms with van der Waals surface area (Å²) in [5.41, 5.74) is 2.10. The number of carbonyl (C=O) groups is 2. The Balaban J connectivity index is 1.45. The molecule has 0 aliphatic heterocycles. The van der Waals surface area contributed by atoms with Gasteiger partial charge in [-0.15, -0.1) is 0 Å². The maximum atomic E-state index is 12.8. The van der Waals surface area contributed by atoms with Gasteiger partial charge in [-0.1, -0.05) is 48.5 Å². The fraction of sp³-hybridized carbons (Fsp3) is 0.417. The fourth-order valence-electron chi connectivity index (χ4n) is 4.03. The molecule has 2 aromatic rings. The van der Waals surface area contributed by atoms with Crippen molar-refractivity contribution in [2.45, 2.75) is 38.8 Å². The Bertz CT molecular complexity index is 814. The zero-order valence-electron chi connectivity index (χ0n) is 17.3. The Morgan fingerprint density at radius 2 is 1.59 bits per heavy atom. The summed E-state index contributed by atoms with van der Waals surface area (Å²) >= 11 is 0. The van der Waals surface area contributed by atoms with E-state index in [9.17, 15) is 9.59 Å². The molecule has 0 bridgehead atoms. The van der Waals surface area contributed by atoms with Crippen LogP contribution < -0.4 is 10.1 Å². The number of nitrogens with one attached hydrogen (secondary N) is 1. The first-order chi connectivity index (χ1) is 14.1. The molecule has 5 nitrogen and oxygen atoms in total. The van der Waals surface area contributed by atoms with E-state index in [1.54, 1.807) is 7.11 Å². The van der Waals surface area contributed by atoms with Crippen molar-refractivity contribution in [1.82, 2.24) is 10.2 Å². The van der Waals surface area contributed by atoms with E-state index in [2.05, 4.69) is 5.32 Å². The van der Waals surface area contributed by atoms with Crippen LogP contribution in [0.25, 0.3) is 0 Å². The molecule has 1 saturated carbocycles. The molecule has 3 rings (SSSR count). The molecule has 0 aromatic heterocycles. The van der Waals surface area contributed by atoms with Gasteiger partial charge in [0.1, 0.15) is 5.75 Å². The lowest BCUT2D eigenvalue weighted by atomic mass is 9.81. The number of ether oxygens (including phenoxy) is 1. The zero-order valence-corrected chi connectivity index (χ0v) is 17.3. The van der Waals surface area contributed by atoms with Crippen LogP contribution in [0.2, 0.25) is 0 Å². The predicted octanol–water partition coefficient (Wildman–Crippen LogP) is 3.78. The summed E-state index contributed by atoms with van der Waals surface area (Å²) in [6, 6.07) is 17.7. The molecule has 0 saturated heterocycles. The third kappa shape index (κ3) is 5.59. The second kappa shape index (κ2) is 10.1. The zero-order chi connectivity index (χ0) is 20.6. The van der Waals surface area contributed by atoms with Gasteiger partial charge in [0.15, 0.2) is 0 Å². The molecule has 0 spiro atoms. The second-order valence-electron chi connectivity index (χ2n) is 7.76. The van der Waals surface area contributed by atoms with Crippen LogP contribution in [0.1, 0.15) is 36.8 Å². The highest BCUT2D eigenvalue weighted by molar-refractivity contribution is 5.81. The van der Waals surface area contributed by atoms with Crippen LogP contribution in [0.15, 0.2) is 54.6 Å². The number of hydrogen-bond donors (Lipinski definition) is 1. The molecule has 5 heteroatoms. The summed E-state index contributed by atoms with van der Waals surface area (Å²) in [4.78, 5) is 27.2. The normalized spacial score (nSPS) is 18.7. The molecule has 1 aliphatic rings. The molecule has 0 heterocycles. The Kier molecular flexibility index (Phi) is 7.28. The van der Waals surface area contributed by atoms with E-state index in [0.29, 0.717) is 13.1 Å². The maximum Gasteiger partial charge on any atom is 0.225 e. The summed E-state index contributed by atoms with van der Waals surface area (Å²) in [6.45, 7) is 1.08. The summed E-state index contributed by atoms with van der Waals surface area (Å²) in [5.74, 6) is 1.03. The average Bonchev–Trinajstić information content (AvgIpc) is 2.78. The summed E-state index contributed by atoms with van der Waals surface area (Å²) in [5, 5.41) is 3.03. The SMILES string of the molecule is COc1ccccc1CNC(=O)C1CCC(C(=O)N(C)Cc2ccccc2)CC1. The predicted molar refractivity (Wildman–Crippen MR) is 113 cm³/mol. The summed E-state index contributed by atoms with van der Waals surface area (Å²) in [6.07, 6.45) is 3.05. The topological polar surface area (TPSA) is 58.6 Å². The first kappa shape index (κ1) is 20.9. The van der Waals surface area contributed by atoms with Gasteiger partial charge in [-0.2, -0.15) is 0 Å². The smallest absolute Gasteiger partial charge is 0.225 e. The lowest BCUT2D eigenvalue weighted by molar-refractivity contribution is -0.137. The molecule has 1 aliphatic carbocycles. The fourth-order valence-corrected chi connectivity index (χ4v) is 4.03. The molecular weight excluding hydrogens is 364 g/mol. The lowest BCUT2D eigenvalue weighted by Crippen LogP contribution is -2.38. The quantitative estimate of drug-likeness (QED) is 0.778. The van der Waals surface area contributed by atoms with Gasteiger partial charge >= 0.3 is 0 Å². The number of carbonyl (C=O) groups excluding carboxylic acids is 2. The molecule has 2 aromatic carbocycles. The number of para-hydroxylation sites is 1. The lowest BCUT2D eigenvalue weighted by Gasteiger charge is -2.30. The minimum Gasteiger partial charge on any atom is -0.496 e. The van der Waals surface area contributed by atoms with E-state index < -0.39 is 0 Å². The molecule has 0 radical (unpaired) electrons. The van der Waals surface area contributed by atoms with Crippen molar-refractivity contribution in [2.75, 3.05) is 14.2 Å². The number of amides is 2. The molecule has 0 atom stereocenters. The maximum absolute atomic E-state index is 12.8. The summed E-state index contributed by atoms with van der Waals surface area (Å²) < 4.78 is 5.34. The number of methoxy groups -OCH3 is 1. The minimum absolute atomic E-state index is 0.0157. The molecular formula is C24H30N2O3. The van der Waals surface area contributed by atoms with E-state index in [1.165, 1.54) is 0 Å². The number of hydrogen-bond acceptors (Lipinski definition) is 3. The van der Waals surface area contributed by atoms with Crippen molar-refractivity contribution in [2.24, 2.45) is 11.8 Å². The van der Waals surface area contributed by atoms with Crippen LogP contribution in [0, 0.1) is 11.8 Å². The summed E-state index contributed by atoms with van der Waals surface area (Å²) in [7, 11) is 3.50. The van der Waals surface area contributed by atoms with Gasteiger partial charge in [-0.3, -0.25) is 9.59 Å². The van der Waals surface area contributed by atoms with E-state index in [0.717, 1.165) is 42.6 Å². The van der Waals surface area contributed by atoms with Crippen molar-refractivity contribution in [1.29, 1.82) is 0 Å². The second-order valence-corrected chi connectivity index (χ2v) is 7.76. The molecule has 29 heavy (non-hydrogen) atoms. The van der Waals surface area contributed by atoms with Crippen LogP contribution in [0.4, 0.5) is 0 Å².